The zero-order valence-electron chi connectivity index (χ0n) is 11.8. The lowest BCUT2D eigenvalue weighted by molar-refractivity contribution is 0.0952. The average Bonchev–Trinajstić information content (AvgIpc) is 2.96. The number of amides is 1. The highest BCUT2D eigenvalue weighted by molar-refractivity contribution is 7.91. The molecule has 1 aliphatic rings. The van der Waals surface area contributed by atoms with Gasteiger partial charge >= 0.3 is 0 Å². The molecule has 2 rings (SSSR count). The minimum atomic E-state index is -2.90. The highest BCUT2D eigenvalue weighted by atomic mass is 32.2. The van der Waals surface area contributed by atoms with Gasteiger partial charge in [0.1, 0.15) is 0 Å². The maximum Gasteiger partial charge on any atom is 0.261 e. The first-order valence-corrected chi connectivity index (χ1v) is 9.33. The third-order valence-corrected chi connectivity index (χ3v) is 6.31. The van der Waals surface area contributed by atoms with Gasteiger partial charge in [0, 0.05) is 6.54 Å². The molecule has 1 aromatic rings. The molecule has 0 bridgehead atoms. The Labute approximate surface area is 128 Å². The maximum atomic E-state index is 12.1. The number of nitrogens with one attached hydrogen (secondary N) is 1. The molecule has 3 N–H and O–H groups in total. The van der Waals surface area contributed by atoms with Crippen molar-refractivity contribution in [1.29, 1.82) is 0 Å². The molecular formula is C14H18N2O3S2. The number of nitrogens with two attached hydrogens (primary N) is 1. The Morgan fingerprint density at radius 1 is 1.57 bits per heavy atom. The molecule has 1 saturated heterocycles. The van der Waals surface area contributed by atoms with E-state index in [1.165, 1.54) is 11.3 Å². The first kappa shape index (κ1) is 16.0. The Morgan fingerprint density at radius 3 is 2.95 bits per heavy atom. The van der Waals surface area contributed by atoms with Crippen LogP contribution in [-0.4, -0.2) is 38.9 Å². The van der Waals surface area contributed by atoms with E-state index in [1.54, 1.807) is 6.07 Å². The van der Waals surface area contributed by atoms with E-state index in [0.29, 0.717) is 17.8 Å². The van der Waals surface area contributed by atoms with Gasteiger partial charge in [0.25, 0.3) is 5.91 Å². The SMILES string of the molecule is Cc1cc(C(=O)NCC2CCS(=O)(=O)C2)sc1C#CCN. The van der Waals surface area contributed by atoms with Gasteiger partial charge in [-0.15, -0.1) is 11.3 Å². The van der Waals surface area contributed by atoms with Crippen molar-refractivity contribution in [3.05, 3.63) is 21.4 Å². The van der Waals surface area contributed by atoms with Crippen LogP contribution in [0.4, 0.5) is 0 Å². The van der Waals surface area contributed by atoms with E-state index >= 15 is 0 Å². The van der Waals surface area contributed by atoms with Crippen molar-refractivity contribution in [2.45, 2.75) is 13.3 Å². The predicted molar refractivity (Wildman–Crippen MR) is 84.1 cm³/mol. The van der Waals surface area contributed by atoms with Crippen LogP contribution in [0.2, 0.25) is 0 Å². The molecule has 21 heavy (non-hydrogen) atoms. The summed E-state index contributed by atoms with van der Waals surface area (Å²) in [5.41, 5.74) is 6.29. The highest BCUT2D eigenvalue weighted by Crippen LogP contribution is 2.21. The topological polar surface area (TPSA) is 89.3 Å². The van der Waals surface area contributed by atoms with Gasteiger partial charge in [0.2, 0.25) is 0 Å². The van der Waals surface area contributed by atoms with Gasteiger partial charge in [-0.25, -0.2) is 8.42 Å². The molecule has 0 aromatic carbocycles. The summed E-state index contributed by atoms with van der Waals surface area (Å²) in [5, 5.41) is 2.81. The van der Waals surface area contributed by atoms with Gasteiger partial charge in [0.15, 0.2) is 9.84 Å². The fourth-order valence-corrected chi connectivity index (χ4v) is 5.03. The summed E-state index contributed by atoms with van der Waals surface area (Å²) in [6, 6.07) is 1.80. The van der Waals surface area contributed by atoms with E-state index in [-0.39, 0.29) is 29.9 Å². The van der Waals surface area contributed by atoms with Crippen LogP contribution in [0, 0.1) is 24.7 Å². The molecule has 0 spiro atoms. The Balaban J connectivity index is 1.95. The van der Waals surface area contributed by atoms with Gasteiger partial charge in [-0.2, -0.15) is 0 Å². The molecule has 1 fully saturated rings. The molecule has 1 amide bonds. The second-order valence-electron chi connectivity index (χ2n) is 5.11. The van der Waals surface area contributed by atoms with Gasteiger partial charge in [0.05, 0.1) is 27.8 Å². The Bertz CT molecular complexity index is 696. The second-order valence-corrected chi connectivity index (χ2v) is 8.39. The lowest BCUT2D eigenvalue weighted by Gasteiger charge is -2.08. The number of thiophene rings is 1. The molecule has 7 heteroatoms. The van der Waals surface area contributed by atoms with Gasteiger partial charge in [-0.05, 0) is 30.9 Å². The van der Waals surface area contributed by atoms with Gasteiger partial charge in [-0.1, -0.05) is 11.8 Å². The summed E-state index contributed by atoms with van der Waals surface area (Å²) < 4.78 is 22.7. The van der Waals surface area contributed by atoms with Crippen molar-refractivity contribution >= 4 is 27.1 Å². The quantitative estimate of drug-likeness (QED) is 0.793. The molecular weight excluding hydrogens is 308 g/mol. The Morgan fingerprint density at radius 2 is 2.33 bits per heavy atom. The number of hydrogen-bond donors (Lipinski definition) is 2. The zero-order valence-corrected chi connectivity index (χ0v) is 13.4. The van der Waals surface area contributed by atoms with E-state index in [1.807, 2.05) is 6.92 Å². The van der Waals surface area contributed by atoms with Crippen LogP contribution in [0.25, 0.3) is 0 Å². The van der Waals surface area contributed by atoms with Crippen LogP contribution < -0.4 is 11.1 Å². The number of carbonyl (C=O) groups is 1. The van der Waals surface area contributed by atoms with Crippen LogP contribution in [0.5, 0.6) is 0 Å². The fraction of sp³-hybridized carbons (Fsp3) is 0.500. The van der Waals surface area contributed by atoms with E-state index in [2.05, 4.69) is 17.2 Å². The molecule has 114 valence electrons. The van der Waals surface area contributed by atoms with Crippen molar-refractivity contribution in [2.75, 3.05) is 24.6 Å². The average molecular weight is 326 g/mol. The third-order valence-electron chi connectivity index (χ3n) is 3.32. The molecule has 1 aliphatic heterocycles. The van der Waals surface area contributed by atoms with E-state index in [0.717, 1.165) is 10.4 Å². The minimum absolute atomic E-state index is 0.0245. The molecule has 1 aromatic heterocycles. The normalized spacial score (nSPS) is 19.8. The van der Waals surface area contributed by atoms with Gasteiger partial charge < -0.3 is 11.1 Å². The van der Waals surface area contributed by atoms with Crippen molar-refractivity contribution in [2.24, 2.45) is 11.7 Å². The molecule has 0 saturated carbocycles. The van der Waals surface area contributed by atoms with Crippen LogP contribution in [0.1, 0.15) is 26.5 Å². The van der Waals surface area contributed by atoms with Crippen LogP contribution in [0.3, 0.4) is 0 Å². The molecule has 0 aliphatic carbocycles. The summed E-state index contributed by atoms with van der Waals surface area (Å²) in [5.74, 6) is 5.96. The largest absolute Gasteiger partial charge is 0.351 e. The van der Waals surface area contributed by atoms with E-state index in [4.69, 9.17) is 5.73 Å². The van der Waals surface area contributed by atoms with Crippen molar-refractivity contribution in [1.82, 2.24) is 5.32 Å². The number of rotatable bonds is 3. The minimum Gasteiger partial charge on any atom is -0.351 e. The predicted octanol–water partition coefficient (Wildman–Crippen LogP) is 0.531. The summed E-state index contributed by atoms with van der Waals surface area (Å²) in [6.45, 7) is 2.59. The zero-order chi connectivity index (χ0) is 15.5. The van der Waals surface area contributed by atoms with Crippen molar-refractivity contribution in [3.8, 4) is 11.8 Å². The fourth-order valence-electron chi connectivity index (χ4n) is 2.21. The lowest BCUT2D eigenvalue weighted by Crippen LogP contribution is -2.29. The monoisotopic (exact) mass is 326 g/mol. The number of aryl methyl sites for hydroxylation is 1. The molecule has 5 nitrogen and oxygen atoms in total. The van der Waals surface area contributed by atoms with Gasteiger partial charge in [-0.3, -0.25) is 4.79 Å². The number of carbonyl (C=O) groups excluding carboxylic acids is 1. The molecule has 2 heterocycles. The van der Waals surface area contributed by atoms with Crippen LogP contribution >= 0.6 is 11.3 Å². The highest BCUT2D eigenvalue weighted by Gasteiger charge is 2.28. The summed E-state index contributed by atoms with van der Waals surface area (Å²) in [7, 11) is -2.90. The standard InChI is InChI=1S/C14H18N2O3S2/c1-10-7-13(20-12(10)3-2-5-15)14(17)16-8-11-4-6-21(18,19)9-11/h7,11H,4-6,8-9,15H2,1H3,(H,16,17). The first-order valence-electron chi connectivity index (χ1n) is 6.69. The van der Waals surface area contributed by atoms with Crippen molar-refractivity contribution < 1.29 is 13.2 Å². The van der Waals surface area contributed by atoms with Crippen molar-refractivity contribution in [3.63, 3.8) is 0 Å². The smallest absolute Gasteiger partial charge is 0.261 e. The second kappa shape index (κ2) is 6.60. The van der Waals surface area contributed by atoms with Crippen LogP contribution in [0.15, 0.2) is 6.07 Å². The van der Waals surface area contributed by atoms with E-state index < -0.39 is 9.84 Å². The summed E-state index contributed by atoms with van der Waals surface area (Å²) >= 11 is 1.33. The molecule has 0 radical (unpaired) electrons. The Hall–Kier alpha value is -1.36. The molecule has 1 atom stereocenters. The van der Waals surface area contributed by atoms with E-state index in [9.17, 15) is 13.2 Å². The number of hydrogen-bond acceptors (Lipinski definition) is 5. The lowest BCUT2D eigenvalue weighted by atomic mass is 10.1. The molecule has 1 unspecified atom stereocenters. The first-order chi connectivity index (χ1) is 9.91. The Kier molecular flexibility index (Phi) is 5.04. The maximum absolute atomic E-state index is 12.1. The third kappa shape index (κ3) is 4.30. The van der Waals surface area contributed by atoms with Crippen LogP contribution in [-0.2, 0) is 9.84 Å². The number of sulfone groups is 1. The summed E-state index contributed by atoms with van der Waals surface area (Å²) in [6.07, 6.45) is 0.624. The summed E-state index contributed by atoms with van der Waals surface area (Å²) in [4.78, 5) is 13.5.